The molecule has 0 spiro atoms. The van der Waals surface area contributed by atoms with Gasteiger partial charge in [0.15, 0.2) is 0 Å². The Morgan fingerprint density at radius 1 is 1.25 bits per heavy atom. The highest BCUT2D eigenvalue weighted by Gasteiger charge is 2.33. The fourth-order valence-electron chi connectivity index (χ4n) is 4.59. The second-order valence-electron chi connectivity index (χ2n) is 8.43. The summed E-state index contributed by atoms with van der Waals surface area (Å²) in [6.07, 6.45) is 3.20. The number of aromatic nitrogens is 1. The first-order valence-corrected chi connectivity index (χ1v) is 11.4. The van der Waals surface area contributed by atoms with Gasteiger partial charge in [-0.1, -0.05) is 29.6 Å². The zero-order valence-electron chi connectivity index (χ0n) is 18.0. The maximum atomic E-state index is 11.6. The monoisotopic (exact) mass is 470 g/mol. The summed E-state index contributed by atoms with van der Waals surface area (Å²) in [6.45, 7) is 1.99. The van der Waals surface area contributed by atoms with Crippen LogP contribution in [0, 0.1) is 24.2 Å². The average molecular weight is 471 g/mol. The number of nitriles is 1. The minimum Gasteiger partial charge on any atom is -0.488 e. The van der Waals surface area contributed by atoms with Gasteiger partial charge in [-0.25, -0.2) is 0 Å². The van der Waals surface area contributed by atoms with Gasteiger partial charge in [-0.15, -0.1) is 0 Å². The highest BCUT2D eigenvalue weighted by molar-refractivity contribution is 6.37. The Labute approximate surface area is 197 Å². The van der Waals surface area contributed by atoms with Gasteiger partial charge in [0.1, 0.15) is 11.9 Å². The predicted molar refractivity (Wildman–Crippen MR) is 126 cm³/mol. The summed E-state index contributed by atoms with van der Waals surface area (Å²) in [4.78, 5) is 11.6. The van der Waals surface area contributed by atoms with Gasteiger partial charge < -0.3 is 14.4 Å². The summed E-state index contributed by atoms with van der Waals surface area (Å²) in [5.74, 6) is -0.900. The molecule has 2 aromatic carbocycles. The van der Waals surface area contributed by atoms with E-state index >= 15 is 0 Å². The van der Waals surface area contributed by atoms with Crippen molar-refractivity contribution in [3.8, 4) is 11.8 Å². The lowest BCUT2D eigenvalue weighted by molar-refractivity contribution is -0.146. The number of halogens is 2. The molecular formula is C25H24Cl2N2O3. The molecular weight excluding hydrogens is 447 g/mol. The van der Waals surface area contributed by atoms with Crippen LogP contribution >= 0.6 is 23.2 Å². The summed E-state index contributed by atoms with van der Waals surface area (Å²) < 4.78 is 8.16. The van der Waals surface area contributed by atoms with Crippen molar-refractivity contribution in [2.24, 2.45) is 13.0 Å². The molecule has 5 nitrogen and oxygen atoms in total. The maximum Gasteiger partial charge on any atom is 0.310 e. The number of fused-ring (bicyclic) bond motifs is 1. The first kappa shape index (κ1) is 22.5. The first-order valence-electron chi connectivity index (χ1n) is 10.7. The van der Waals surface area contributed by atoms with E-state index in [2.05, 4.69) is 12.1 Å². The molecule has 2 unspecified atom stereocenters. The van der Waals surface area contributed by atoms with Crippen LogP contribution in [0.3, 0.4) is 0 Å². The highest BCUT2D eigenvalue weighted by atomic mass is 35.5. The van der Waals surface area contributed by atoms with E-state index in [4.69, 9.17) is 27.9 Å². The van der Waals surface area contributed by atoms with Gasteiger partial charge in [0.25, 0.3) is 0 Å². The number of aliphatic carboxylic acids is 1. The number of carboxylic acid groups (broad SMARTS) is 1. The van der Waals surface area contributed by atoms with E-state index in [0.29, 0.717) is 40.6 Å². The number of ether oxygens (including phenoxy) is 1. The molecule has 166 valence electrons. The molecule has 1 fully saturated rings. The van der Waals surface area contributed by atoms with Gasteiger partial charge in [0.05, 0.1) is 22.6 Å². The van der Waals surface area contributed by atoms with Crippen molar-refractivity contribution >= 4 is 40.1 Å². The molecule has 7 heteroatoms. The number of aryl methyl sites for hydroxylation is 2. The molecule has 1 heterocycles. The van der Waals surface area contributed by atoms with Crippen molar-refractivity contribution in [2.75, 3.05) is 0 Å². The molecule has 1 aromatic heterocycles. The van der Waals surface area contributed by atoms with Crippen LogP contribution in [-0.4, -0.2) is 21.7 Å². The molecule has 0 radical (unpaired) electrons. The van der Waals surface area contributed by atoms with Crippen molar-refractivity contribution in [1.82, 2.24) is 4.57 Å². The Bertz CT molecular complexity index is 1240. The second-order valence-corrected chi connectivity index (χ2v) is 9.22. The second kappa shape index (κ2) is 9.05. The number of hydrogen-bond acceptors (Lipinski definition) is 3. The van der Waals surface area contributed by atoms with Crippen LogP contribution in [0.2, 0.25) is 10.0 Å². The topological polar surface area (TPSA) is 75.2 Å². The van der Waals surface area contributed by atoms with Crippen LogP contribution < -0.4 is 4.74 Å². The van der Waals surface area contributed by atoms with Gasteiger partial charge in [-0.2, -0.15) is 5.26 Å². The Hall–Kier alpha value is -2.68. The fourth-order valence-corrected chi connectivity index (χ4v) is 5.14. The quantitative estimate of drug-likeness (QED) is 0.475. The van der Waals surface area contributed by atoms with E-state index in [1.807, 2.05) is 30.7 Å². The summed E-state index contributed by atoms with van der Waals surface area (Å²) in [5, 5.41) is 20.9. The molecule has 0 saturated heterocycles. The van der Waals surface area contributed by atoms with E-state index in [1.54, 1.807) is 12.1 Å². The van der Waals surface area contributed by atoms with Crippen molar-refractivity contribution < 1.29 is 14.6 Å². The summed E-state index contributed by atoms with van der Waals surface area (Å²) >= 11 is 13.2. The molecule has 32 heavy (non-hydrogen) atoms. The third-order valence-corrected chi connectivity index (χ3v) is 7.17. The fraction of sp³-hybridized carbons (Fsp3) is 0.360. The lowest BCUT2D eigenvalue weighted by Crippen LogP contribution is -2.35. The van der Waals surface area contributed by atoms with E-state index in [0.717, 1.165) is 40.6 Å². The normalized spacial score (nSPS) is 18.5. The Kier molecular flexibility index (Phi) is 6.37. The Morgan fingerprint density at radius 2 is 2.00 bits per heavy atom. The third-order valence-electron chi connectivity index (χ3n) is 6.40. The minimum absolute atomic E-state index is 0.405. The number of nitrogens with zero attached hydrogens (tertiary/aromatic N) is 2. The molecule has 4 rings (SSSR count). The smallest absolute Gasteiger partial charge is 0.310 e. The summed E-state index contributed by atoms with van der Waals surface area (Å²) in [7, 11) is 1.96. The number of hydrogen-bond donors (Lipinski definition) is 1. The maximum absolute atomic E-state index is 11.6. The molecule has 1 aliphatic rings. The number of carbonyl (C=O) groups is 1. The average Bonchev–Trinajstić information content (AvgIpc) is 3.09. The first-order chi connectivity index (χ1) is 15.3. The van der Waals surface area contributed by atoms with Crippen LogP contribution in [0.4, 0.5) is 0 Å². The van der Waals surface area contributed by atoms with E-state index in [-0.39, 0.29) is 0 Å². The van der Waals surface area contributed by atoms with Gasteiger partial charge in [0, 0.05) is 35.1 Å². The number of benzene rings is 2. The van der Waals surface area contributed by atoms with Gasteiger partial charge in [-0.05, 0) is 67.6 Å². The van der Waals surface area contributed by atoms with E-state index in [9.17, 15) is 15.2 Å². The molecule has 0 bridgehead atoms. The largest absolute Gasteiger partial charge is 0.488 e. The van der Waals surface area contributed by atoms with Gasteiger partial charge in [-0.3, -0.25) is 4.79 Å². The lowest BCUT2D eigenvalue weighted by Gasteiger charge is -2.29. The van der Waals surface area contributed by atoms with Crippen LogP contribution in [0.1, 0.15) is 48.1 Å². The summed E-state index contributed by atoms with van der Waals surface area (Å²) in [6, 6.07) is 11.5. The number of carboxylic acids is 1. The van der Waals surface area contributed by atoms with Crippen LogP contribution in [0.15, 0.2) is 30.3 Å². The van der Waals surface area contributed by atoms with E-state index in [1.165, 1.54) is 0 Å². The Morgan fingerprint density at radius 3 is 2.72 bits per heavy atom. The SMILES string of the molecule is Cc1cc(C#N)cc2c1cc(Cc1c(Cl)ccc(OC3CCCCC3C(=O)O)c1Cl)n2C. The molecule has 1 N–H and O–H groups in total. The van der Waals surface area contributed by atoms with Gasteiger partial charge >= 0.3 is 5.97 Å². The Balaban J connectivity index is 1.68. The highest BCUT2D eigenvalue weighted by Crippen LogP contribution is 2.38. The van der Waals surface area contributed by atoms with Crippen LogP contribution in [0.5, 0.6) is 5.75 Å². The van der Waals surface area contributed by atoms with Crippen molar-refractivity contribution in [3.63, 3.8) is 0 Å². The third kappa shape index (κ3) is 4.18. The molecule has 1 aliphatic carbocycles. The van der Waals surface area contributed by atoms with Crippen molar-refractivity contribution in [1.29, 1.82) is 5.26 Å². The lowest BCUT2D eigenvalue weighted by atomic mass is 9.86. The van der Waals surface area contributed by atoms with Crippen molar-refractivity contribution in [2.45, 2.75) is 45.1 Å². The molecule has 0 amide bonds. The van der Waals surface area contributed by atoms with Gasteiger partial charge in [0.2, 0.25) is 0 Å². The predicted octanol–water partition coefficient (Wildman–Crippen LogP) is 6.28. The molecule has 0 aliphatic heterocycles. The molecule has 1 saturated carbocycles. The van der Waals surface area contributed by atoms with Crippen LogP contribution in [-0.2, 0) is 18.3 Å². The minimum atomic E-state index is -0.831. The van der Waals surface area contributed by atoms with Crippen LogP contribution in [0.25, 0.3) is 10.9 Å². The molecule has 2 atom stereocenters. The van der Waals surface area contributed by atoms with E-state index < -0.39 is 18.0 Å². The van der Waals surface area contributed by atoms with Crippen molar-refractivity contribution in [3.05, 3.63) is 62.8 Å². The zero-order valence-corrected chi connectivity index (χ0v) is 19.5. The zero-order chi connectivity index (χ0) is 23.0. The summed E-state index contributed by atoms with van der Waals surface area (Å²) in [5.41, 5.74) is 4.36. The number of rotatable bonds is 5. The standard InChI is InChI=1S/C25H24Cl2N2O3/c1-14-9-15(13-28)10-21-18(14)11-16(29(21)2)12-19-20(26)7-8-23(24(19)27)32-22-6-4-3-5-17(22)25(30)31/h7-11,17,22H,3-6,12H2,1-2H3,(H,30,31). The molecule has 3 aromatic rings.